The summed E-state index contributed by atoms with van der Waals surface area (Å²) in [6.45, 7) is 0. The molecule has 166 valence electrons. The maximum absolute atomic E-state index is 12.7. The molecule has 0 aliphatic heterocycles. The van der Waals surface area contributed by atoms with Crippen molar-refractivity contribution in [1.29, 1.82) is 0 Å². The first-order valence-electron chi connectivity index (χ1n) is 10.4. The SMILES string of the molecule is O=C(Nc1ccc(O)cc1)c1ccc2ccc3ccc(C(=O)Nc4ccc(O)cc4)nc3c2n1. The normalized spacial score (nSPS) is 10.8. The van der Waals surface area contributed by atoms with E-state index >= 15 is 0 Å². The second-order valence-corrected chi connectivity index (χ2v) is 7.60. The van der Waals surface area contributed by atoms with Crippen LogP contribution in [0.25, 0.3) is 21.8 Å². The molecule has 34 heavy (non-hydrogen) atoms. The topological polar surface area (TPSA) is 124 Å². The number of carbonyl (C=O) groups is 2. The standard InChI is InChI=1S/C26H18N4O4/c31-19-9-5-17(6-10-19)27-25(33)21-13-3-15-1-2-16-4-14-22(30-24(16)23(15)29-21)26(34)28-18-7-11-20(32)12-8-18/h1-14,31-32H,(H,27,33)(H,28,34). The fourth-order valence-corrected chi connectivity index (χ4v) is 3.50. The van der Waals surface area contributed by atoms with E-state index in [9.17, 15) is 19.8 Å². The lowest BCUT2D eigenvalue weighted by atomic mass is 10.1. The van der Waals surface area contributed by atoms with Gasteiger partial charge in [-0.05, 0) is 60.7 Å². The summed E-state index contributed by atoms with van der Waals surface area (Å²) in [4.78, 5) is 34.5. The zero-order valence-corrected chi connectivity index (χ0v) is 17.7. The number of anilines is 2. The maximum Gasteiger partial charge on any atom is 0.274 e. The zero-order valence-electron chi connectivity index (χ0n) is 17.7. The Balaban J connectivity index is 1.49. The van der Waals surface area contributed by atoms with Crippen molar-refractivity contribution in [2.75, 3.05) is 10.6 Å². The molecule has 8 heteroatoms. The summed E-state index contributed by atoms with van der Waals surface area (Å²) >= 11 is 0. The minimum Gasteiger partial charge on any atom is -0.508 e. The molecule has 2 heterocycles. The van der Waals surface area contributed by atoms with Gasteiger partial charge in [0.05, 0.1) is 11.0 Å². The minimum absolute atomic E-state index is 0.102. The zero-order chi connectivity index (χ0) is 23.7. The van der Waals surface area contributed by atoms with Crippen molar-refractivity contribution >= 4 is 45.0 Å². The van der Waals surface area contributed by atoms with Gasteiger partial charge in [0.15, 0.2) is 0 Å². The van der Waals surface area contributed by atoms with Gasteiger partial charge >= 0.3 is 0 Å². The fourth-order valence-electron chi connectivity index (χ4n) is 3.50. The summed E-state index contributed by atoms with van der Waals surface area (Å²) in [6.07, 6.45) is 0. The first kappa shape index (κ1) is 20.9. The van der Waals surface area contributed by atoms with E-state index in [0.29, 0.717) is 22.4 Å². The van der Waals surface area contributed by atoms with E-state index < -0.39 is 11.8 Å². The van der Waals surface area contributed by atoms with Gasteiger partial charge in [0.2, 0.25) is 0 Å². The summed E-state index contributed by atoms with van der Waals surface area (Å²) in [5.41, 5.74) is 2.41. The number of nitrogens with one attached hydrogen (secondary N) is 2. The number of phenolic OH excluding ortho intramolecular Hbond substituents is 2. The summed E-state index contributed by atoms with van der Waals surface area (Å²) in [6, 6.07) is 22.8. The van der Waals surface area contributed by atoms with Crippen molar-refractivity contribution in [3.63, 3.8) is 0 Å². The smallest absolute Gasteiger partial charge is 0.274 e. The maximum atomic E-state index is 12.7. The average molecular weight is 450 g/mol. The van der Waals surface area contributed by atoms with Crippen molar-refractivity contribution in [3.8, 4) is 11.5 Å². The molecule has 0 fully saturated rings. The highest BCUT2D eigenvalue weighted by Crippen LogP contribution is 2.24. The van der Waals surface area contributed by atoms with Crippen LogP contribution in [0.15, 0.2) is 84.9 Å². The van der Waals surface area contributed by atoms with Gasteiger partial charge in [-0.1, -0.05) is 24.3 Å². The third-order valence-electron chi connectivity index (χ3n) is 5.24. The van der Waals surface area contributed by atoms with Crippen LogP contribution in [-0.4, -0.2) is 32.0 Å². The molecule has 0 aliphatic carbocycles. The van der Waals surface area contributed by atoms with Gasteiger partial charge in [-0.2, -0.15) is 0 Å². The van der Waals surface area contributed by atoms with Gasteiger partial charge in [0.1, 0.15) is 22.9 Å². The molecule has 4 N–H and O–H groups in total. The van der Waals surface area contributed by atoms with Crippen LogP contribution in [0.1, 0.15) is 21.0 Å². The van der Waals surface area contributed by atoms with Crippen LogP contribution in [0.5, 0.6) is 11.5 Å². The Hall–Kier alpha value is -4.98. The summed E-state index contributed by atoms with van der Waals surface area (Å²) in [7, 11) is 0. The molecule has 0 aliphatic rings. The van der Waals surface area contributed by atoms with E-state index in [2.05, 4.69) is 20.6 Å². The van der Waals surface area contributed by atoms with Crippen molar-refractivity contribution < 1.29 is 19.8 Å². The highest BCUT2D eigenvalue weighted by Gasteiger charge is 2.14. The van der Waals surface area contributed by atoms with Crippen LogP contribution < -0.4 is 10.6 Å². The number of nitrogens with zero attached hydrogens (tertiary/aromatic N) is 2. The second kappa shape index (κ2) is 8.51. The summed E-state index contributed by atoms with van der Waals surface area (Å²) in [5, 5.41) is 25.9. The van der Waals surface area contributed by atoms with E-state index in [0.717, 1.165) is 10.8 Å². The largest absolute Gasteiger partial charge is 0.508 e. The first-order chi connectivity index (χ1) is 16.5. The lowest BCUT2D eigenvalue weighted by Gasteiger charge is -2.09. The molecule has 0 spiro atoms. The van der Waals surface area contributed by atoms with Gasteiger partial charge in [0, 0.05) is 22.1 Å². The van der Waals surface area contributed by atoms with Crippen molar-refractivity contribution in [3.05, 3.63) is 96.3 Å². The second-order valence-electron chi connectivity index (χ2n) is 7.60. The van der Waals surface area contributed by atoms with E-state index in [-0.39, 0.29) is 22.9 Å². The molecule has 5 aromatic rings. The quantitative estimate of drug-likeness (QED) is 0.232. The Morgan fingerprint density at radius 3 is 1.26 bits per heavy atom. The van der Waals surface area contributed by atoms with Gasteiger partial charge in [0.25, 0.3) is 11.8 Å². The molecule has 0 atom stereocenters. The summed E-state index contributed by atoms with van der Waals surface area (Å²) in [5.74, 6) is -0.620. The molecule has 0 bridgehead atoms. The van der Waals surface area contributed by atoms with Crippen LogP contribution in [0.2, 0.25) is 0 Å². The van der Waals surface area contributed by atoms with Crippen LogP contribution in [-0.2, 0) is 0 Å². The molecule has 0 unspecified atom stereocenters. The highest BCUT2D eigenvalue weighted by atomic mass is 16.3. The highest BCUT2D eigenvalue weighted by molar-refractivity contribution is 6.09. The Labute approximate surface area is 193 Å². The van der Waals surface area contributed by atoms with Gasteiger partial charge in [-0.3, -0.25) is 9.59 Å². The number of hydrogen-bond donors (Lipinski definition) is 4. The number of fused-ring (bicyclic) bond motifs is 3. The number of amides is 2. The first-order valence-corrected chi connectivity index (χ1v) is 10.4. The molecule has 0 radical (unpaired) electrons. The minimum atomic E-state index is -0.411. The fraction of sp³-hybridized carbons (Fsp3) is 0. The predicted molar refractivity (Wildman–Crippen MR) is 129 cm³/mol. The third-order valence-corrected chi connectivity index (χ3v) is 5.24. The number of aromatic hydroxyl groups is 2. The van der Waals surface area contributed by atoms with Crippen LogP contribution in [0.3, 0.4) is 0 Å². The summed E-state index contributed by atoms with van der Waals surface area (Å²) < 4.78 is 0. The number of phenols is 2. The van der Waals surface area contributed by atoms with Crippen molar-refractivity contribution in [2.24, 2.45) is 0 Å². The lowest BCUT2D eigenvalue weighted by Crippen LogP contribution is -2.14. The van der Waals surface area contributed by atoms with E-state index in [1.807, 2.05) is 12.1 Å². The van der Waals surface area contributed by atoms with E-state index in [4.69, 9.17) is 0 Å². The molecule has 2 aromatic heterocycles. The Morgan fingerprint density at radius 1 is 0.529 bits per heavy atom. The Bertz CT molecular complexity index is 1430. The Kier molecular flexibility index (Phi) is 5.23. The van der Waals surface area contributed by atoms with Gasteiger partial charge in [-0.25, -0.2) is 9.97 Å². The van der Waals surface area contributed by atoms with E-state index in [1.165, 1.54) is 24.3 Å². The van der Waals surface area contributed by atoms with Crippen LogP contribution in [0, 0.1) is 0 Å². The molecule has 8 nitrogen and oxygen atoms in total. The number of pyridine rings is 2. The monoisotopic (exact) mass is 450 g/mol. The van der Waals surface area contributed by atoms with Gasteiger partial charge in [-0.15, -0.1) is 0 Å². The lowest BCUT2D eigenvalue weighted by molar-refractivity contribution is 0.101. The molecule has 2 amide bonds. The average Bonchev–Trinajstić information content (AvgIpc) is 2.86. The predicted octanol–water partition coefficient (Wildman–Crippen LogP) is 4.70. The van der Waals surface area contributed by atoms with Gasteiger partial charge < -0.3 is 20.8 Å². The third kappa shape index (κ3) is 4.20. The van der Waals surface area contributed by atoms with Crippen molar-refractivity contribution in [1.82, 2.24) is 9.97 Å². The molecular weight excluding hydrogens is 432 g/mol. The van der Waals surface area contributed by atoms with Crippen LogP contribution >= 0.6 is 0 Å². The molecular formula is C26H18N4O4. The number of aromatic nitrogens is 2. The molecule has 0 saturated heterocycles. The number of carbonyl (C=O) groups excluding carboxylic acids is 2. The number of hydrogen-bond acceptors (Lipinski definition) is 6. The number of benzene rings is 3. The van der Waals surface area contributed by atoms with Crippen molar-refractivity contribution in [2.45, 2.75) is 0 Å². The molecule has 5 rings (SSSR count). The van der Waals surface area contributed by atoms with E-state index in [1.54, 1.807) is 48.5 Å². The molecule has 0 saturated carbocycles. The van der Waals surface area contributed by atoms with Crippen LogP contribution in [0.4, 0.5) is 11.4 Å². The number of rotatable bonds is 4. The Morgan fingerprint density at radius 2 is 0.882 bits per heavy atom. The molecule has 3 aromatic carbocycles.